The van der Waals surface area contributed by atoms with Gasteiger partial charge in [-0.05, 0) is 31.5 Å². The minimum Gasteiger partial charge on any atom is -0.480 e. The first-order chi connectivity index (χ1) is 11.0. The summed E-state index contributed by atoms with van der Waals surface area (Å²) < 4.78 is 13.2. The number of carboxylic acid groups (broad SMARTS) is 1. The second-order valence-corrected chi connectivity index (χ2v) is 7.53. The van der Waals surface area contributed by atoms with E-state index in [4.69, 9.17) is 5.11 Å². The zero-order chi connectivity index (χ0) is 16.6. The third-order valence-electron chi connectivity index (χ3n) is 3.40. The molecule has 0 saturated carbocycles. The number of fused-ring (bicyclic) bond motifs is 1. The Labute approximate surface area is 140 Å². The predicted octanol–water partition coefficient (Wildman–Crippen LogP) is 4.37. The van der Waals surface area contributed by atoms with Gasteiger partial charge in [0.1, 0.15) is 27.3 Å². The average Bonchev–Trinajstić information content (AvgIpc) is 2.85. The molecule has 3 aromatic rings. The van der Waals surface area contributed by atoms with Gasteiger partial charge in [-0.1, -0.05) is 23.9 Å². The monoisotopic (exact) mass is 348 g/mol. The zero-order valence-corrected chi connectivity index (χ0v) is 14.0. The fourth-order valence-electron chi connectivity index (χ4n) is 2.29. The number of hydrogen-bond acceptors (Lipinski definition) is 5. The third-order valence-corrected chi connectivity index (χ3v) is 5.50. The van der Waals surface area contributed by atoms with Gasteiger partial charge in [0.25, 0.3) is 0 Å². The van der Waals surface area contributed by atoms with E-state index >= 15 is 0 Å². The molecule has 0 radical (unpaired) electrons. The number of carbonyl (C=O) groups is 1. The molecule has 7 heteroatoms. The molecule has 3 rings (SSSR count). The highest BCUT2D eigenvalue weighted by Crippen LogP contribution is 2.42. The number of aryl methyl sites for hydroxylation is 1. The maximum absolute atomic E-state index is 13.2. The molecule has 0 bridgehead atoms. The lowest BCUT2D eigenvalue weighted by molar-refractivity contribution is -0.136. The minimum atomic E-state index is -0.892. The number of carboxylic acids is 1. The lowest BCUT2D eigenvalue weighted by Gasteiger charge is -2.08. The Morgan fingerprint density at radius 3 is 2.65 bits per heavy atom. The molecule has 118 valence electrons. The van der Waals surface area contributed by atoms with E-state index in [1.807, 2.05) is 6.92 Å². The van der Waals surface area contributed by atoms with Gasteiger partial charge in [0.2, 0.25) is 0 Å². The highest BCUT2D eigenvalue weighted by atomic mass is 32.2. The number of thiophene rings is 1. The van der Waals surface area contributed by atoms with Crippen LogP contribution in [0.4, 0.5) is 4.39 Å². The van der Waals surface area contributed by atoms with Crippen molar-refractivity contribution in [2.75, 3.05) is 0 Å². The van der Waals surface area contributed by atoms with Crippen molar-refractivity contribution in [3.63, 3.8) is 0 Å². The molecule has 2 aromatic heterocycles. The molecule has 1 unspecified atom stereocenters. The number of halogens is 1. The van der Waals surface area contributed by atoms with Crippen LogP contribution >= 0.6 is 23.1 Å². The predicted molar refractivity (Wildman–Crippen MR) is 90.5 cm³/mol. The SMILES string of the molecule is Cc1sc2ncnc(SC(C)C(=O)O)c2c1-c1ccc(F)cc1. The standard InChI is InChI=1S/C16H13FN2O2S2/c1-8-12(10-3-5-11(17)6-4-10)13-14(22-8)18-7-19-15(13)23-9(2)16(20)21/h3-7,9H,1-2H3,(H,20,21). The smallest absolute Gasteiger partial charge is 0.316 e. The molecular formula is C16H13FN2O2S2. The van der Waals surface area contributed by atoms with Crippen molar-refractivity contribution in [1.82, 2.24) is 9.97 Å². The number of thioether (sulfide) groups is 1. The van der Waals surface area contributed by atoms with Gasteiger partial charge in [-0.15, -0.1) is 11.3 Å². The maximum Gasteiger partial charge on any atom is 0.316 e. The van der Waals surface area contributed by atoms with Gasteiger partial charge in [0.05, 0.1) is 5.39 Å². The summed E-state index contributed by atoms with van der Waals surface area (Å²) >= 11 is 2.71. The summed E-state index contributed by atoms with van der Waals surface area (Å²) in [6, 6.07) is 6.25. The van der Waals surface area contributed by atoms with Crippen LogP contribution in [0.15, 0.2) is 35.6 Å². The number of aromatic nitrogens is 2. The largest absolute Gasteiger partial charge is 0.480 e. The van der Waals surface area contributed by atoms with Crippen LogP contribution < -0.4 is 0 Å². The molecule has 0 amide bonds. The van der Waals surface area contributed by atoms with Gasteiger partial charge >= 0.3 is 5.97 Å². The van der Waals surface area contributed by atoms with Gasteiger partial charge in [0, 0.05) is 10.4 Å². The third kappa shape index (κ3) is 3.07. The summed E-state index contributed by atoms with van der Waals surface area (Å²) in [5, 5.41) is 9.98. The summed E-state index contributed by atoms with van der Waals surface area (Å²) in [7, 11) is 0. The van der Waals surface area contributed by atoms with E-state index in [0.29, 0.717) is 5.03 Å². The van der Waals surface area contributed by atoms with Crippen molar-refractivity contribution < 1.29 is 14.3 Å². The molecule has 0 saturated heterocycles. The molecule has 0 aliphatic rings. The Morgan fingerprint density at radius 1 is 1.30 bits per heavy atom. The van der Waals surface area contributed by atoms with E-state index in [1.165, 1.54) is 41.6 Å². The van der Waals surface area contributed by atoms with Crippen molar-refractivity contribution in [3.05, 3.63) is 41.3 Å². The Hall–Kier alpha value is -1.99. The Balaban J connectivity index is 2.19. The highest BCUT2D eigenvalue weighted by molar-refractivity contribution is 8.00. The second kappa shape index (κ2) is 6.25. The molecule has 0 aliphatic heterocycles. The number of benzene rings is 1. The fourth-order valence-corrected chi connectivity index (χ4v) is 4.23. The molecule has 1 N–H and O–H groups in total. The zero-order valence-electron chi connectivity index (χ0n) is 12.4. The normalized spacial score (nSPS) is 12.5. The summed E-state index contributed by atoms with van der Waals surface area (Å²) in [6.07, 6.45) is 1.45. The molecule has 0 aliphatic carbocycles. The van der Waals surface area contributed by atoms with Crippen LogP contribution in [0.1, 0.15) is 11.8 Å². The van der Waals surface area contributed by atoms with Crippen molar-refractivity contribution in [2.24, 2.45) is 0 Å². The molecular weight excluding hydrogens is 335 g/mol. The summed E-state index contributed by atoms with van der Waals surface area (Å²) in [5.74, 6) is -1.19. The molecule has 4 nitrogen and oxygen atoms in total. The quantitative estimate of drug-likeness (QED) is 0.560. The van der Waals surface area contributed by atoms with Crippen molar-refractivity contribution in [2.45, 2.75) is 24.1 Å². The van der Waals surface area contributed by atoms with Gasteiger partial charge in [-0.25, -0.2) is 14.4 Å². The van der Waals surface area contributed by atoms with E-state index in [2.05, 4.69) is 9.97 Å². The summed E-state index contributed by atoms with van der Waals surface area (Å²) in [6.45, 7) is 3.60. The lowest BCUT2D eigenvalue weighted by atomic mass is 10.0. The first-order valence-corrected chi connectivity index (χ1v) is 8.56. The van der Waals surface area contributed by atoms with E-state index < -0.39 is 11.2 Å². The Morgan fingerprint density at radius 2 is 2.00 bits per heavy atom. The van der Waals surface area contributed by atoms with Crippen LogP contribution in [0.2, 0.25) is 0 Å². The molecule has 1 aromatic carbocycles. The number of rotatable bonds is 4. The number of hydrogen-bond donors (Lipinski definition) is 1. The van der Waals surface area contributed by atoms with Crippen LogP contribution in [-0.4, -0.2) is 26.3 Å². The number of aliphatic carboxylic acids is 1. The second-order valence-electron chi connectivity index (χ2n) is 5.00. The van der Waals surface area contributed by atoms with E-state index in [-0.39, 0.29) is 5.82 Å². The van der Waals surface area contributed by atoms with Crippen LogP contribution in [0.3, 0.4) is 0 Å². The molecule has 2 heterocycles. The topological polar surface area (TPSA) is 63.1 Å². The molecule has 1 atom stereocenters. The molecule has 23 heavy (non-hydrogen) atoms. The van der Waals surface area contributed by atoms with Gasteiger partial charge in [-0.2, -0.15) is 0 Å². The van der Waals surface area contributed by atoms with Crippen LogP contribution in [0.25, 0.3) is 21.3 Å². The minimum absolute atomic E-state index is 0.295. The van der Waals surface area contributed by atoms with Crippen LogP contribution in [0.5, 0.6) is 0 Å². The van der Waals surface area contributed by atoms with Crippen LogP contribution in [0, 0.1) is 12.7 Å². The Bertz CT molecular complexity index is 878. The highest BCUT2D eigenvalue weighted by Gasteiger charge is 2.20. The molecule has 0 spiro atoms. The summed E-state index contributed by atoms with van der Waals surface area (Å²) in [4.78, 5) is 21.5. The van der Waals surface area contributed by atoms with Crippen molar-refractivity contribution in [3.8, 4) is 11.1 Å². The first-order valence-electron chi connectivity index (χ1n) is 6.87. The van der Waals surface area contributed by atoms with Crippen LogP contribution in [-0.2, 0) is 4.79 Å². The van der Waals surface area contributed by atoms with Gasteiger partial charge < -0.3 is 5.11 Å². The fraction of sp³-hybridized carbons (Fsp3) is 0.188. The van der Waals surface area contributed by atoms with E-state index in [9.17, 15) is 9.18 Å². The lowest BCUT2D eigenvalue weighted by Crippen LogP contribution is -2.11. The van der Waals surface area contributed by atoms with E-state index in [0.717, 1.165) is 26.2 Å². The maximum atomic E-state index is 13.2. The van der Waals surface area contributed by atoms with Crippen molar-refractivity contribution in [1.29, 1.82) is 0 Å². The number of nitrogens with zero attached hydrogens (tertiary/aromatic N) is 2. The average molecular weight is 348 g/mol. The van der Waals surface area contributed by atoms with Crippen molar-refractivity contribution >= 4 is 39.3 Å². The first kappa shape index (κ1) is 15.9. The summed E-state index contributed by atoms with van der Waals surface area (Å²) in [5.41, 5.74) is 1.81. The molecule has 0 fully saturated rings. The Kier molecular flexibility index (Phi) is 4.32. The van der Waals surface area contributed by atoms with Gasteiger partial charge in [0.15, 0.2) is 0 Å². The van der Waals surface area contributed by atoms with Gasteiger partial charge in [-0.3, -0.25) is 4.79 Å². The van der Waals surface area contributed by atoms with E-state index in [1.54, 1.807) is 19.1 Å².